The molecule has 1 aliphatic heterocycles. The number of carbonyl (C=O) groups is 1. The van der Waals surface area contributed by atoms with Gasteiger partial charge in [0.1, 0.15) is 0 Å². The lowest BCUT2D eigenvalue weighted by atomic mass is 9.81. The second kappa shape index (κ2) is 9.53. The van der Waals surface area contributed by atoms with Crippen LogP contribution in [0.5, 0.6) is 0 Å². The SMILES string of the molecule is Cn1cc(C2CCC(N3CCN(c4cc(C(=O)O)cc5cccnc45)CC3)CC2)c2cc(C#N)ccc21. The van der Waals surface area contributed by atoms with Crippen molar-refractivity contribution < 1.29 is 9.90 Å². The molecule has 6 rings (SSSR count). The zero-order valence-corrected chi connectivity index (χ0v) is 21.1. The number of pyridine rings is 1. The zero-order valence-electron chi connectivity index (χ0n) is 21.1. The number of aromatic carboxylic acids is 1. The number of benzene rings is 2. The second-order valence-electron chi connectivity index (χ2n) is 10.4. The maximum absolute atomic E-state index is 11.7. The standard InChI is InChI=1S/C30H31N5O2/c1-33-19-26(25-15-20(18-31)4-9-27(25)33)21-5-7-24(8-6-21)34-11-13-35(14-12-34)28-17-23(30(36)37)16-22-3-2-10-32-29(22)28/h2-4,9-10,15-17,19,21,24H,5-8,11-14H2,1H3,(H,36,37). The second-order valence-corrected chi connectivity index (χ2v) is 10.4. The van der Waals surface area contributed by atoms with E-state index < -0.39 is 5.97 Å². The Hall–Kier alpha value is -3.89. The molecule has 2 aliphatic rings. The van der Waals surface area contributed by atoms with Gasteiger partial charge in [-0.2, -0.15) is 5.26 Å². The highest BCUT2D eigenvalue weighted by atomic mass is 16.4. The Bertz CT molecular complexity index is 1520. The maximum Gasteiger partial charge on any atom is 0.335 e. The molecule has 4 aromatic rings. The van der Waals surface area contributed by atoms with Crippen molar-refractivity contribution in [3.63, 3.8) is 0 Å². The molecule has 188 valence electrons. The lowest BCUT2D eigenvalue weighted by Gasteiger charge is -2.42. The van der Waals surface area contributed by atoms with Crippen molar-refractivity contribution in [3.05, 3.63) is 71.5 Å². The third-order valence-corrected chi connectivity index (χ3v) is 8.39. The minimum atomic E-state index is -0.905. The molecule has 7 heteroatoms. The van der Waals surface area contributed by atoms with Crippen molar-refractivity contribution in [2.45, 2.75) is 37.6 Å². The summed E-state index contributed by atoms with van der Waals surface area (Å²) in [7, 11) is 2.09. The topological polar surface area (TPSA) is 85.4 Å². The molecule has 37 heavy (non-hydrogen) atoms. The van der Waals surface area contributed by atoms with Crippen LogP contribution in [0.3, 0.4) is 0 Å². The van der Waals surface area contributed by atoms with E-state index in [2.05, 4.69) is 44.7 Å². The summed E-state index contributed by atoms with van der Waals surface area (Å²) in [6, 6.07) is 16.2. The first-order valence-corrected chi connectivity index (χ1v) is 13.1. The summed E-state index contributed by atoms with van der Waals surface area (Å²) in [5, 5.41) is 21.1. The van der Waals surface area contributed by atoms with Crippen molar-refractivity contribution in [1.29, 1.82) is 5.26 Å². The average molecular weight is 494 g/mol. The molecule has 0 amide bonds. The van der Waals surface area contributed by atoms with Crippen molar-refractivity contribution in [2.24, 2.45) is 7.05 Å². The van der Waals surface area contributed by atoms with Gasteiger partial charge in [0.25, 0.3) is 0 Å². The van der Waals surface area contributed by atoms with Crippen LogP contribution in [0, 0.1) is 11.3 Å². The number of nitrogens with zero attached hydrogens (tertiary/aromatic N) is 5. The first-order chi connectivity index (χ1) is 18.0. The highest BCUT2D eigenvalue weighted by Crippen LogP contribution is 2.39. The lowest BCUT2D eigenvalue weighted by molar-refractivity contribution is 0.0697. The van der Waals surface area contributed by atoms with Gasteiger partial charge >= 0.3 is 5.97 Å². The zero-order chi connectivity index (χ0) is 25.5. The van der Waals surface area contributed by atoms with Crippen LogP contribution in [0.4, 0.5) is 5.69 Å². The van der Waals surface area contributed by atoms with Crippen molar-refractivity contribution in [2.75, 3.05) is 31.1 Å². The highest BCUT2D eigenvalue weighted by molar-refractivity contribution is 5.99. The molecular weight excluding hydrogens is 462 g/mol. The van der Waals surface area contributed by atoms with Crippen LogP contribution in [-0.4, -0.2) is 57.7 Å². The fourth-order valence-corrected chi connectivity index (χ4v) is 6.43. The summed E-state index contributed by atoms with van der Waals surface area (Å²) < 4.78 is 2.19. The molecule has 3 heterocycles. The van der Waals surface area contributed by atoms with E-state index in [9.17, 15) is 15.2 Å². The quantitative estimate of drug-likeness (QED) is 0.423. The van der Waals surface area contributed by atoms with Gasteiger partial charge in [-0.25, -0.2) is 4.79 Å². The molecule has 0 unspecified atom stereocenters. The lowest BCUT2D eigenvalue weighted by Crippen LogP contribution is -2.51. The Morgan fingerprint density at radius 2 is 1.84 bits per heavy atom. The maximum atomic E-state index is 11.7. The van der Waals surface area contributed by atoms with Crippen molar-refractivity contribution >= 4 is 33.5 Å². The summed E-state index contributed by atoms with van der Waals surface area (Å²) in [4.78, 5) is 21.2. The summed E-state index contributed by atoms with van der Waals surface area (Å²) in [5.41, 5.74) is 5.41. The minimum absolute atomic E-state index is 0.312. The van der Waals surface area contributed by atoms with Gasteiger partial charge in [0.05, 0.1) is 28.4 Å². The average Bonchev–Trinajstić information content (AvgIpc) is 3.28. The van der Waals surface area contributed by atoms with Crippen LogP contribution in [-0.2, 0) is 7.05 Å². The molecule has 0 radical (unpaired) electrons. The smallest absolute Gasteiger partial charge is 0.335 e. The van der Waals surface area contributed by atoms with Gasteiger partial charge in [-0.05, 0) is 73.6 Å². The predicted octanol–water partition coefficient (Wildman–Crippen LogP) is 5.14. The molecule has 0 spiro atoms. The number of piperazine rings is 1. The number of anilines is 1. The van der Waals surface area contributed by atoms with Crippen molar-refractivity contribution in [3.8, 4) is 6.07 Å². The van der Waals surface area contributed by atoms with Gasteiger partial charge < -0.3 is 14.6 Å². The van der Waals surface area contributed by atoms with Gasteiger partial charge in [-0.1, -0.05) is 6.07 Å². The summed E-state index contributed by atoms with van der Waals surface area (Å²) in [6.07, 6.45) is 8.72. The molecule has 0 atom stereocenters. The molecule has 7 nitrogen and oxygen atoms in total. The van der Waals surface area contributed by atoms with Gasteiger partial charge in [0.15, 0.2) is 0 Å². The largest absolute Gasteiger partial charge is 0.478 e. The normalized spacial score (nSPS) is 20.8. The molecule has 1 aliphatic carbocycles. The number of fused-ring (bicyclic) bond motifs is 2. The number of hydrogen-bond acceptors (Lipinski definition) is 5. The number of hydrogen-bond donors (Lipinski definition) is 1. The van der Waals surface area contributed by atoms with E-state index in [-0.39, 0.29) is 0 Å². The third-order valence-electron chi connectivity index (χ3n) is 8.39. The number of aryl methyl sites for hydroxylation is 1. The Balaban J connectivity index is 1.13. The van der Waals surface area contributed by atoms with E-state index >= 15 is 0 Å². The number of aromatic nitrogens is 2. The molecule has 2 aromatic carbocycles. The van der Waals surface area contributed by atoms with Crippen LogP contribution in [0.1, 0.15) is 53.1 Å². The van der Waals surface area contributed by atoms with E-state index in [0.29, 0.717) is 17.5 Å². The van der Waals surface area contributed by atoms with Crippen LogP contribution in [0.25, 0.3) is 21.8 Å². The van der Waals surface area contributed by atoms with E-state index in [1.54, 1.807) is 18.3 Å². The Kier molecular flexibility index (Phi) is 6.05. The minimum Gasteiger partial charge on any atom is -0.478 e. The van der Waals surface area contributed by atoms with Gasteiger partial charge in [-0.15, -0.1) is 0 Å². The number of carboxylic acid groups (broad SMARTS) is 1. The number of carboxylic acids is 1. The molecule has 1 saturated heterocycles. The predicted molar refractivity (Wildman–Crippen MR) is 145 cm³/mol. The summed E-state index contributed by atoms with van der Waals surface area (Å²) >= 11 is 0. The van der Waals surface area contributed by atoms with E-state index in [1.165, 1.54) is 29.3 Å². The molecule has 1 saturated carbocycles. The Morgan fingerprint density at radius 3 is 2.57 bits per heavy atom. The van der Waals surface area contributed by atoms with Gasteiger partial charge in [-0.3, -0.25) is 9.88 Å². The fraction of sp³-hybridized carbons (Fsp3) is 0.367. The number of nitriles is 1. The Labute approximate surface area is 216 Å². The highest BCUT2D eigenvalue weighted by Gasteiger charge is 2.30. The van der Waals surface area contributed by atoms with Crippen LogP contribution < -0.4 is 4.90 Å². The van der Waals surface area contributed by atoms with Crippen LogP contribution in [0.15, 0.2) is 54.9 Å². The third kappa shape index (κ3) is 4.32. The molecule has 2 fully saturated rings. The number of rotatable bonds is 4. The first kappa shape index (κ1) is 23.5. The van der Waals surface area contributed by atoms with E-state index in [1.807, 2.05) is 24.3 Å². The van der Waals surface area contributed by atoms with Crippen LogP contribution in [0.2, 0.25) is 0 Å². The summed E-state index contributed by atoms with van der Waals surface area (Å²) in [6.45, 7) is 3.69. The molecule has 1 N–H and O–H groups in total. The molecule has 0 bridgehead atoms. The van der Waals surface area contributed by atoms with E-state index in [4.69, 9.17) is 0 Å². The molecule has 2 aromatic heterocycles. The van der Waals surface area contributed by atoms with Crippen LogP contribution >= 0.6 is 0 Å². The fourth-order valence-electron chi connectivity index (χ4n) is 6.43. The van der Waals surface area contributed by atoms with Gasteiger partial charge in [0.2, 0.25) is 0 Å². The van der Waals surface area contributed by atoms with E-state index in [0.717, 1.165) is 61.2 Å². The monoisotopic (exact) mass is 493 g/mol. The Morgan fingerprint density at radius 1 is 1.05 bits per heavy atom. The van der Waals surface area contributed by atoms with Crippen molar-refractivity contribution in [1.82, 2.24) is 14.5 Å². The first-order valence-electron chi connectivity index (χ1n) is 13.1. The molecular formula is C30H31N5O2. The summed E-state index contributed by atoms with van der Waals surface area (Å²) in [5.74, 6) is -0.371. The van der Waals surface area contributed by atoms with Gasteiger partial charge in [0, 0.05) is 68.0 Å².